The van der Waals surface area contributed by atoms with E-state index in [0.717, 1.165) is 22.4 Å². The van der Waals surface area contributed by atoms with E-state index in [1.54, 1.807) is 0 Å². The van der Waals surface area contributed by atoms with E-state index in [1.165, 1.54) is 0 Å². The second-order valence-corrected chi connectivity index (χ2v) is 3.80. The van der Waals surface area contributed by atoms with E-state index in [9.17, 15) is 4.79 Å². The number of nitrogens with zero attached hydrogens (tertiary/aromatic N) is 1. The zero-order valence-corrected chi connectivity index (χ0v) is 9.50. The number of imidazole rings is 1. The van der Waals surface area contributed by atoms with Crippen LogP contribution in [0.4, 0.5) is 0 Å². The molecule has 4 heteroatoms. The Morgan fingerprint density at radius 1 is 1.50 bits per heavy atom. The lowest BCUT2D eigenvalue weighted by molar-refractivity contribution is -0.120. The molecule has 0 atom stereocenters. The molecule has 0 unspecified atom stereocenters. The second kappa shape index (κ2) is 4.35. The number of H-pyrrole nitrogens is 1. The van der Waals surface area contributed by atoms with Gasteiger partial charge in [0.05, 0.1) is 11.0 Å². The molecular formula is C12H15N3O. The molecule has 0 radical (unpaired) electrons. The largest absolute Gasteiger partial charge is 0.352 e. The van der Waals surface area contributed by atoms with Crippen LogP contribution in [0.2, 0.25) is 0 Å². The fourth-order valence-electron chi connectivity index (χ4n) is 1.62. The molecule has 1 aromatic carbocycles. The van der Waals surface area contributed by atoms with Crippen molar-refractivity contribution in [2.75, 3.05) is 0 Å². The number of benzene rings is 1. The lowest BCUT2D eigenvalue weighted by Crippen LogP contribution is -2.21. The van der Waals surface area contributed by atoms with Gasteiger partial charge in [0, 0.05) is 13.0 Å². The van der Waals surface area contributed by atoms with Crippen LogP contribution in [0.5, 0.6) is 0 Å². The second-order valence-electron chi connectivity index (χ2n) is 3.80. The van der Waals surface area contributed by atoms with Crippen molar-refractivity contribution in [2.24, 2.45) is 0 Å². The highest BCUT2D eigenvalue weighted by Crippen LogP contribution is 2.13. The molecule has 84 valence electrons. The molecular weight excluding hydrogens is 202 g/mol. The van der Waals surface area contributed by atoms with Crippen molar-refractivity contribution >= 4 is 16.9 Å². The van der Waals surface area contributed by atoms with Crippen LogP contribution >= 0.6 is 0 Å². The van der Waals surface area contributed by atoms with Gasteiger partial charge < -0.3 is 10.3 Å². The molecule has 1 heterocycles. The molecule has 16 heavy (non-hydrogen) atoms. The Kier molecular flexibility index (Phi) is 2.90. The van der Waals surface area contributed by atoms with Crippen molar-refractivity contribution in [2.45, 2.75) is 26.8 Å². The van der Waals surface area contributed by atoms with Gasteiger partial charge in [-0.2, -0.15) is 0 Å². The predicted molar refractivity (Wildman–Crippen MR) is 63.0 cm³/mol. The lowest BCUT2D eigenvalue weighted by atomic mass is 10.2. The third kappa shape index (κ3) is 2.21. The Hall–Kier alpha value is -1.84. The summed E-state index contributed by atoms with van der Waals surface area (Å²) >= 11 is 0. The number of hydrogen-bond donors (Lipinski definition) is 2. The molecule has 0 aliphatic carbocycles. The molecule has 1 aromatic heterocycles. The maximum Gasteiger partial charge on any atom is 0.219 e. The first-order valence-corrected chi connectivity index (χ1v) is 5.41. The normalized spacial score (nSPS) is 10.6. The molecule has 1 amide bonds. The summed E-state index contributed by atoms with van der Waals surface area (Å²) in [7, 11) is 0. The van der Waals surface area contributed by atoms with E-state index in [0.29, 0.717) is 13.0 Å². The zero-order valence-electron chi connectivity index (χ0n) is 9.50. The Morgan fingerprint density at radius 2 is 2.31 bits per heavy atom. The van der Waals surface area contributed by atoms with Crippen LogP contribution in [0.15, 0.2) is 18.2 Å². The molecule has 0 aliphatic rings. The third-order valence-corrected chi connectivity index (χ3v) is 2.48. The SMILES string of the molecule is CCC(=O)NCc1ccc2nc(C)[nH]c2c1. The van der Waals surface area contributed by atoms with E-state index in [4.69, 9.17) is 0 Å². The quantitative estimate of drug-likeness (QED) is 0.825. The summed E-state index contributed by atoms with van der Waals surface area (Å²) < 4.78 is 0. The van der Waals surface area contributed by atoms with Gasteiger partial charge in [0.1, 0.15) is 5.82 Å². The van der Waals surface area contributed by atoms with E-state index in [-0.39, 0.29) is 5.91 Å². The Labute approximate surface area is 94.1 Å². The fourth-order valence-corrected chi connectivity index (χ4v) is 1.62. The zero-order chi connectivity index (χ0) is 11.5. The van der Waals surface area contributed by atoms with E-state index >= 15 is 0 Å². The van der Waals surface area contributed by atoms with Gasteiger partial charge in [-0.1, -0.05) is 13.0 Å². The molecule has 2 aromatic rings. The Morgan fingerprint density at radius 3 is 3.06 bits per heavy atom. The molecule has 0 fully saturated rings. The van der Waals surface area contributed by atoms with Crippen LogP contribution in [0.1, 0.15) is 24.7 Å². The highest BCUT2D eigenvalue weighted by molar-refractivity contribution is 5.77. The summed E-state index contributed by atoms with van der Waals surface area (Å²) in [5, 5.41) is 2.85. The minimum atomic E-state index is 0.0703. The first-order chi connectivity index (χ1) is 7.69. The Balaban J connectivity index is 2.16. The maximum atomic E-state index is 11.1. The van der Waals surface area contributed by atoms with Crippen LogP contribution in [0, 0.1) is 6.92 Å². The number of amides is 1. The summed E-state index contributed by atoms with van der Waals surface area (Å²) in [6.07, 6.45) is 0.519. The molecule has 2 N–H and O–H groups in total. The van der Waals surface area contributed by atoms with Crippen LogP contribution < -0.4 is 5.32 Å². The van der Waals surface area contributed by atoms with Gasteiger partial charge in [0.25, 0.3) is 0 Å². The number of rotatable bonds is 3. The predicted octanol–water partition coefficient (Wildman–Crippen LogP) is 1.90. The summed E-state index contributed by atoms with van der Waals surface area (Å²) in [5.41, 5.74) is 3.06. The molecule has 0 aliphatic heterocycles. The van der Waals surface area contributed by atoms with Crippen molar-refractivity contribution in [1.29, 1.82) is 0 Å². The third-order valence-electron chi connectivity index (χ3n) is 2.48. The standard InChI is InChI=1S/C12H15N3O/c1-3-12(16)13-7-9-4-5-10-11(6-9)15-8(2)14-10/h4-6H,3,7H2,1-2H3,(H,13,16)(H,14,15). The lowest BCUT2D eigenvalue weighted by Gasteiger charge is -2.03. The minimum Gasteiger partial charge on any atom is -0.352 e. The number of fused-ring (bicyclic) bond motifs is 1. The van der Waals surface area contributed by atoms with Gasteiger partial charge in [-0.15, -0.1) is 0 Å². The highest BCUT2D eigenvalue weighted by Gasteiger charge is 2.02. The average molecular weight is 217 g/mol. The summed E-state index contributed by atoms with van der Waals surface area (Å²) in [4.78, 5) is 18.6. The number of nitrogens with one attached hydrogen (secondary N) is 2. The first-order valence-electron chi connectivity index (χ1n) is 5.41. The first kappa shape index (κ1) is 10.7. The van der Waals surface area contributed by atoms with E-state index < -0.39 is 0 Å². The van der Waals surface area contributed by atoms with Crippen molar-refractivity contribution in [3.63, 3.8) is 0 Å². The van der Waals surface area contributed by atoms with Crippen LogP contribution in [-0.2, 0) is 11.3 Å². The monoisotopic (exact) mass is 217 g/mol. The van der Waals surface area contributed by atoms with Gasteiger partial charge in [-0.05, 0) is 24.6 Å². The topological polar surface area (TPSA) is 57.8 Å². The van der Waals surface area contributed by atoms with Crippen molar-refractivity contribution in [3.8, 4) is 0 Å². The van der Waals surface area contributed by atoms with Crippen molar-refractivity contribution in [1.82, 2.24) is 15.3 Å². The van der Waals surface area contributed by atoms with Gasteiger partial charge in [0.15, 0.2) is 0 Å². The molecule has 0 bridgehead atoms. The average Bonchev–Trinajstić information content (AvgIpc) is 2.65. The molecule has 4 nitrogen and oxygen atoms in total. The van der Waals surface area contributed by atoms with E-state index in [2.05, 4.69) is 15.3 Å². The van der Waals surface area contributed by atoms with Crippen LogP contribution in [0.3, 0.4) is 0 Å². The molecule has 0 saturated carbocycles. The van der Waals surface area contributed by atoms with Gasteiger partial charge in [-0.25, -0.2) is 4.98 Å². The van der Waals surface area contributed by atoms with E-state index in [1.807, 2.05) is 32.0 Å². The minimum absolute atomic E-state index is 0.0703. The molecule has 0 saturated heterocycles. The maximum absolute atomic E-state index is 11.1. The number of aryl methyl sites for hydroxylation is 1. The summed E-state index contributed by atoms with van der Waals surface area (Å²) in [6, 6.07) is 5.97. The summed E-state index contributed by atoms with van der Waals surface area (Å²) in [6.45, 7) is 4.34. The highest BCUT2D eigenvalue weighted by atomic mass is 16.1. The smallest absolute Gasteiger partial charge is 0.219 e. The van der Waals surface area contributed by atoms with Gasteiger partial charge in [0.2, 0.25) is 5.91 Å². The Bertz CT molecular complexity index is 516. The molecule has 0 spiro atoms. The summed E-state index contributed by atoms with van der Waals surface area (Å²) in [5.74, 6) is 0.977. The van der Waals surface area contributed by atoms with Gasteiger partial charge in [-0.3, -0.25) is 4.79 Å². The number of carbonyl (C=O) groups excluding carboxylic acids is 1. The molecule has 2 rings (SSSR count). The number of aromatic nitrogens is 2. The number of hydrogen-bond acceptors (Lipinski definition) is 2. The van der Waals surface area contributed by atoms with Crippen molar-refractivity contribution < 1.29 is 4.79 Å². The number of carbonyl (C=O) groups is 1. The van der Waals surface area contributed by atoms with Gasteiger partial charge >= 0.3 is 0 Å². The number of aromatic amines is 1. The van der Waals surface area contributed by atoms with Crippen LogP contribution in [-0.4, -0.2) is 15.9 Å². The fraction of sp³-hybridized carbons (Fsp3) is 0.333. The van der Waals surface area contributed by atoms with Crippen LogP contribution in [0.25, 0.3) is 11.0 Å². The van der Waals surface area contributed by atoms with Crippen molar-refractivity contribution in [3.05, 3.63) is 29.6 Å².